The van der Waals surface area contributed by atoms with Crippen molar-refractivity contribution in [2.75, 3.05) is 22.3 Å². The van der Waals surface area contributed by atoms with Gasteiger partial charge in [-0.05, 0) is 37.0 Å². The summed E-state index contributed by atoms with van der Waals surface area (Å²) in [5.41, 5.74) is 8.24. The highest BCUT2D eigenvalue weighted by molar-refractivity contribution is 7.92. The minimum Gasteiger partial charge on any atom is -0.399 e. The first-order valence-electron chi connectivity index (χ1n) is 6.43. The largest absolute Gasteiger partial charge is 0.399 e. The quantitative estimate of drug-likeness (QED) is 0.851. The van der Waals surface area contributed by atoms with Crippen molar-refractivity contribution in [3.8, 4) is 0 Å². The first-order valence-corrected chi connectivity index (χ1v) is 8.04. The van der Waals surface area contributed by atoms with Crippen LogP contribution in [0.15, 0.2) is 18.2 Å². The molecule has 0 amide bonds. The number of hydrogen-bond acceptors (Lipinski definition) is 3. The van der Waals surface area contributed by atoms with Crippen LogP contribution in [0.1, 0.15) is 31.7 Å². The Morgan fingerprint density at radius 2 is 2.17 bits per heavy atom. The maximum Gasteiger partial charge on any atom is 0.235 e. The van der Waals surface area contributed by atoms with Gasteiger partial charge in [0.15, 0.2) is 0 Å². The summed E-state index contributed by atoms with van der Waals surface area (Å²) in [5, 5.41) is 0. The number of benzene rings is 1. The van der Waals surface area contributed by atoms with Crippen LogP contribution in [0.25, 0.3) is 0 Å². The van der Waals surface area contributed by atoms with Gasteiger partial charge in [0.1, 0.15) is 0 Å². The third kappa shape index (κ3) is 2.61. The molecule has 0 saturated heterocycles. The van der Waals surface area contributed by atoms with Crippen molar-refractivity contribution in [1.82, 2.24) is 0 Å². The van der Waals surface area contributed by atoms with E-state index in [0.717, 1.165) is 30.5 Å². The molecule has 100 valence electrons. The van der Waals surface area contributed by atoms with E-state index in [9.17, 15) is 8.42 Å². The molecule has 0 fully saturated rings. The highest BCUT2D eigenvalue weighted by Crippen LogP contribution is 2.31. The van der Waals surface area contributed by atoms with Crippen LogP contribution in [0, 0.1) is 0 Å². The van der Waals surface area contributed by atoms with Gasteiger partial charge in [0.2, 0.25) is 10.0 Å². The summed E-state index contributed by atoms with van der Waals surface area (Å²) >= 11 is 0. The zero-order valence-corrected chi connectivity index (χ0v) is 11.5. The number of nitrogens with zero attached hydrogens (tertiary/aromatic N) is 1. The Bertz CT molecular complexity index is 526. The third-order valence-electron chi connectivity index (χ3n) is 3.28. The summed E-state index contributed by atoms with van der Waals surface area (Å²) in [6.45, 7) is 2.57. The fourth-order valence-corrected chi connectivity index (χ4v) is 4.03. The average Bonchev–Trinajstić information content (AvgIpc) is 2.35. The van der Waals surface area contributed by atoms with Gasteiger partial charge in [-0.1, -0.05) is 19.4 Å². The Balaban J connectivity index is 2.35. The van der Waals surface area contributed by atoms with Crippen molar-refractivity contribution >= 4 is 21.4 Å². The van der Waals surface area contributed by atoms with Crippen molar-refractivity contribution in [3.05, 3.63) is 23.8 Å². The van der Waals surface area contributed by atoms with E-state index in [4.69, 9.17) is 5.73 Å². The average molecular weight is 268 g/mol. The predicted molar refractivity (Wildman–Crippen MR) is 75.2 cm³/mol. The van der Waals surface area contributed by atoms with Crippen LogP contribution >= 0.6 is 0 Å². The van der Waals surface area contributed by atoms with Gasteiger partial charge in [0.25, 0.3) is 0 Å². The minimum atomic E-state index is -3.20. The molecule has 0 aliphatic carbocycles. The van der Waals surface area contributed by atoms with Crippen LogP contribution in [0.5, 0.6) is 0 Å². The number of sulfonamides is 1. The molecule has 5 heteroatoms. The van der Waals surface area contributed by atoms with Gasteiger partial charge >= 0.3 is 0 Å². The number of hydrogen-bond donors (Lipinski definition) is 1. The molecule has 0 spiro atoms. The normalized spacial score (nSPS) is 15.5. The van der Waals surface area contributed by atoms with Crippen molar-refractivity contribution < 1.29 is 8.42 Å². The SMILES string of the molecule is CCCCS(=O)(=O)N1CCCc2ccc(N)cc21. The molecule has 1 aromatic rings. The number of anilines is 2. The lowest BCUT2D eigenvalue weighted by Gasteiger charge is -2.30. The zero-order chi connectivity index (χ0) is 13.2. The van der Waals surface area contributed by atoms with Crippen molar-refractivity contribution in [1.29, 1.82) is 0 Å². The van der Waals surface area contributed by atoms with E-state index in [2.05, 4.69) is 0 Å². The van der Waals surface area contributed by atoms with Crippen LogP contribution in [-0.2, 0) is 16.4 Å². The Kier molecular flexibility index (Phi) is 3.80. The molecule has 18 heavy (non-hydrogen) atoms. The van der Waals surface area contributed by atoms with Gasteiger partial charge in [-0.25, -0.2) is 8.42 Å². The van der Waals surface area contributed by atoms with Crippen LogP contribution in [0.3, 0.4) is 0 Å². The smallest absolute Gasteiger partial charge is 0.235 e. The van der Waals surface area contributed by atoms with Crippen LogP contribution in [-0.4, -0.2) is 20.7 Å². The molecule has 2 rings (SSSR count). The first-order chi connectivity index (χ1) is 8.54. The highest BCUT2D eigenvalue weighted by atomic mass is 32.2. The number of nitrogen functional groups attached to an aromatic ring is 1. The lowest BCUT2D eigenvalue weighted by molar-refractivity contribution is 0.583. The summed E-state index contributed by atoms with van der Waals surface area (Å²) in [4.78, 5) is 0. The van der Waals surface area contributed by atoms with Crippen LogP contribution in [0.2, 0.25) is 0 Å². The molecule has 0 saturated carbocycles. The number of unbranched alkanes of at least 4 members (excludes halogenated alkanes) is 1. The Hall–Kier alpha value is -1.23. The van der Waals surface area contributed by atoms with E-state index >= 15 is 0 Å². The van der Waals surface area contributed by atoms with Gasteiger partial charge in [-0.15, -0.1) is 0 Å². The van der Waals surface area contributed by atoms with E-state index in [-0.39, 0.29) is 5.75 Å². The Morgan fingerprint density at radius 3 is 2.89 bits per heavy atom. The second kappa shape index (κ2) is 5.18. The summed E-state index contributed by atoms with van der Waals surface area (Å²) in [5.74, 6) is 0.220. The van der Waals surface area contributed by atoms with E-state index in [1.54, 1.807) is 6.07 Å². The zero-order valence-electron chi connectivity index (χ0n) is 10.7. The predicted octanol–water partition coefficient (Wildman–Crippen LogP) is 2.15. The van der Waals surface area contributed by atoms with E-state index < -0.39 is 10.0 Å². The molecular formula is C13H20N2O2S. The fraction of sp³-hybridized carbons (Fsp3) is 0.538. The van der Waals surface area contributed by atoms with E-state index in [1.165, 1.54) is 4.31 Å². The lowest BCUT2D eigenvalue weighted by Crippen LogP contribution is -2.37. The second-order valence-corrected chi connectivity index (χ2v) is 6.75. The molecule has 0 bridgehead atoms. The molecule has 1 heterocycles. The maximum absolute atomic E-state index is 12.3. The van der Waals surface area contributed by atoms with Gasteiger partial charge in [-0.3, -0.25) is 4.31 Å². The van der Waals surface area contributed by atoms with Gasteiger partial charge < -0.3 is 5.73 Å². The summed E-state index contributed by atoms with van der Waals surface area (Å²) in [6.07, 6.45) is 3.39. The first kappa shape index (κ1) is 13.2. The summed E-state index contributed by atoms with van der Waals surface area (Å²) in [6, 6.07) is 5.55. The van der Waals surface area contributed by atoms with Crippen molar-refractivity contribution in [2.24, 2.45) is 0 Å². The number of fused-ring (bicyclic) bond motifs is 1. The van der Waals surface area contributed by atoms with Crippen LogP contribution < -0.4 is 10.0 Å². The maximum atomic E-state index is 12.3. The highest BCUT2D eigenvalue weighted by Gasteiger charge is 2.26. The topological polar surface area (TPSA) is 63.4 Å². The Morgan fingerprint density at radius 1 is 1.39 bits per heavy atom. The molecule has 4 nitrogen and oxygen atoms in total. The molecule has 0 radical (unpaired) electrons. The number of aryl methyl sites for hydroxylation is 1. The molecule has 0 unspecified atom stereocenters. The van der Waals surface area contributed by atoms with Crippen LogP contribution in [0.4, 0.5) is 11.4 Å². The summed E-state index contributed by atoms with van der Waals surface area (Å²) < 4.78 is 26.1. The molecular weight excluding hydrogens is 248 g/mol. The number of rotatable bonds is 4. The van der Waals surface area contributed by atoms with Gasteiger partial charge in [0, 0.05) is 12.2 Å². The van der Waals surface area contributed by atoms with E-state index in [0.29, 0.717) is 18.7 Å². The third-order valence-corrected chi connectivity index (χ3v) is 5.13. The molecule has 1 aromatic carbocycles. The fourth-order valence-electron chi connectivity index (χ4n) is 2.28. The molecule has 2 N–H and O–H groups in total. The minimum absolute atomic E-state index is 0.220. The van der Waals surface area contributed by atoms with Gasteiger partial charge in [-0.2, -0.15) is 0 Å². The second-order valence-electron chi connectivity index (χ2n) is 4.73. The van der Waals surface area contributed by atoms with Crippen molar-refractivity contribution in [3.63, 3.8) is 0 Å². The van der Waals surface area contributed by atoms with Gasteiger partial charge in [0.05, 0.1) is 11.4 Å². The van der Waals surface area contributed by atoms with Crippen molar-refractivity contribution in [2.45, 2.75) is 32.6 Å². The van der Waals surface area contributed by atoms with E-state index in [1.807, 2.05) is 19.1 Å². The molecule has 0 aromatic heterocycles. The molecule has 1 aliphatic rings. The lowest BCUT2D eigenvalue weighted by atomic mass is 10.0. The molecule has 1 aliphatic heterocycles. The Labute approximate surface area is 109 Å². The summed E-state index contributed by atoms with van der Waals surface area (Å²) in [7, 11) is -3.20. The monoisotopic (exact) mass is 268 g/mol. The number of nitrogens with two attached hydrogens (primary N) is 1. The molecule has 0 atom stereocenters. The standard InChI is InChI=1S/C13H20N2O2S/c1-2-3-9-18(16,17)15-8-4-5-11-6-7-12(14)10-13(11)15/h6-7,10H,2-5,8-9,14H2,1H3.